The van der Waals surface area contributed by atoms with E-state index < -0.39 is 0 Å². The molecule has 0 unspecified atom stereocenters. The van der Waals surface area contributed by atoms with Crippen LogP contribution in [0.15, 0.2) is 55.5 Å². The van der Waals surface area contributed by atoms with Crippen LogP contribution in [0.5, 0.6) is 0 Å². The second-order valence-corrected chi connectivity index (χ2v) is 6.68. The molecule has 0 spiro atoms. The summed E-state index contributed by atoms with van der Waals surface area (Å²) in [7, 11) is 1.90. The van der Waals surface area contributed by atoms with Crippen LogP contribution in [0, 0.1) is 0 Å². The van der Waals surface area contributed by atoms with Crippen LogP contribution in [0.2, 0.25) is 0 Å². The molecule has 1 N–H and O–H groups in total. The largest absolute Gasteiger partial charge is 0.352 e. The monoisotopic (exact) mass is 375 g/mol. The molecule has 142 valence electrons. The van der Waals surface area contributed by atoms with Crippen LogP contribution in [0.25, 0.3) is 11.2 Å². The van der Waals surface area contributed by atoms with Gasteiger partial charge in [0.25, 0.3) is 5.91 Å². The first-order chi connectivity index (χ1) is 13.7. The minimum absolute atomic E-state index is 0.137. The van der Waals surface area contributed by atoms with Crippen LogP contribution in [0.1, 0.15) is 27.9 Å². The van der Waals surface area contributed by atoms with Gasteiger partial charge in [0, 0.05) is 38.4 Å². The van der Waals surface area contributed by atoms with Crippen LogP contribution in [-0.4, -0.2) is 41.8 Å². The molecule has 0 saturated heterocycles. The van der Waals surface area contributed by atoms with E-state index in [-0.39, 0.29) is 5.91 Å². The molecule has 4 aromatic heterocycles. The zero-order chi connectivity index (χ0) is 19.3. The van der Waals surface area contributed by atoms with E-state index in [2.05, 4.69) is 25.4 Å². The van der Waals surface area contributed by atoms with Crippen molar-refractivity contribution in [2.24, 2.45) is 7.05 Å². The first-order valence-electron chi connectivity index (χ1n) is 9.14. The molecular formula is C20H21N7O. The molecule has 8 nitrogen and oxygen atoms in total. The van der Waals surface area contributed by atoms with Gasteiger partial charge in [0.15, 0.2) is 5.65 Å². The number of carbonyl (C=O) groups is 1. The van der Waals surface area contributed by atoms with Crippen molar-refractivity contribution >= 4 is 17.1 Å². The minimum atomic E-state index is -0.137. The van der Waals surface area contributed by atoms with Gasteiger partial charge in [-0.05, 0) is 36.1 Å². The van der Waals surface area contributed by atoms with Crippen LogP contribution in [0.4, 0.5) is 0 Å². The average molecular weight is 375 g/mol. The molecule has 8 heteroatoms. The maximum Gasteiger partial charge on any atom is 0.252 e. The van der Waals surface area contributed by atoms with Crippen molar-refractivity contribution in [3.8, 4) is 0 Å². The lowest BCUT2D eigenvalue weighted by molar-refractivity contribution is 0.0953. The number of aryl methyl sites for hydroxylation is 2. The molecule has 0 atom stereocenters. The number of pyridine rings is 2. The number of fused-ring (bicyclic) bond motifs is 1. The summed E-state index contributed by atoms with van der Waals surface area (Å²) in [6, 6.07) is 5.68. The van der Waals surface area contributed by atoms with Gasteiger partial charge in [0.05, 0.1) is 24.6 Å². The fourth-order valence-corrected chi connectivity index (χ4v) is 3.07. The van der Waals surface area contributed by atoms with Gasteiger partial charge < -0.3 is 9.88 Å². The van der Waals surface area contributed by atoms with Crippen LogP contribution >= 0.6 is 0 Å². The predicted octanol–water partition coefficient (Wildman–Crippen LogP) is 1.97. The van der Waals surface area contributed by atoms with Gasteiger partial charge in [-0.3, -0.25) is 14.5 Å². The predicted molar refractivity (Wildman–Crippen MR) is 105 cm³/mol. The lowest BCUT2D eigenvalue weighted by atomic mass is 10.2. The summed E-state index contributed by atoms with van der Waals surface area (Å²) in [4.78, 5) is 25.4. The number of hydrogen-bond acceptors (Lipinski definition) is 5. The van der Waals surface area contributed by atoms with E-state index in [0.29, 0.717) is 24.2 Å². The maximum atomic E-state index is 12.4. The Bertz CT molecular complexity index is 1080. The zero-order valence-electron chi connectivity index (χ0n) is 15.6. The molecule has 0 saturated carbocycles. The second-order valence-electron chi connectivity index (χ2n) is 6.68. The Balaban J connectivity index is 1.36. The summed E-state index contributed by atoms with van der Waals surface area (Å²) in [5.74, 6) is -0.137. The maximum absolute atomic E-state index is 12.4. The van der Waals surface area contributed by atoms with Crippen molar-refractivity contribution in [1.29, 1.82) is 0 Å². The number of carbonyl (C=O) groups excluding carboxylic acids is 1. The van der Waals surface area contributed by atoms with Gasteiger partial charge >= 0.3 is 0 Å². The molecule has 1 amide bonds. The quantitative estimate of drug-likeness (QED) is 0.499. The molecule has 4 rings (SSSR count). The van der Waals surface area contributed by atoms with Crippen LogP contribution in [0.3, 0.4) is 0 Å². The molecule has 0 bridgehead atoms. The SMILES string of the molecule is Cn1cc(CCCNC(=O)c2cnc3c(c2)ncn3Cc2cccnc2)cn1. The van der Waals surface area contributed by atoms with Gasteiger partial charge in [-0.15, -0.1) is 0 Å². The number of nitrogens with one attached hydrogen (secondary N) is 1. The summed E-state index contributed by atoms with van der Waals surface area (Å²) in [6.07, 6.45) is 12.5. The molecule has 0 fully saturated rings. The Hall–Kier alpha value is -3.55. The summed E-state index contributed by atoms with van der Waals surface area (Å²) in [5, 5.41) is 7.08. The van der Waals surface area contributed by atoms with Gasteiger partial charge in [-0.2, -0.15) is 5.10 Å². The summed E-state index contributed by atoms with van der Waals surface area (Å²) in [6.45, 7) is 1.23. The molecule has 0 aliphatic heterocycles. The lowest BCUT2D eigenvalue weighted by Crippen LogP contribution is -2.24. The Morgan fingerprint density at radius 3 is 2.89 bits per heavy atom. The van der Waals surface area contributed by atoms with E-state index in [1.165, 1.54) is 5.56 Å². The third-order valence-corrected chi connectivity index (χ3v) is 4.48. The third-order valence-electron chi connectivity index (χ3n) is 4.48. The van der Waals surface area contributed by atoms with Crippen molar-refractivity contribution in [3.63, 3.8) is 0 Å². The number of imidazole rings is 1. The van der Waals surface area contributed by atoms with E-state index in [0.717, 1.165) is 24.1 Å². The average Bonchev–Trinajstić information content (AvgIpc) is 3.31. The molecule has 0 aliphatic rings. The third kappa shape index (κ3) is 4.06. The Morgan fingerprint density at radius 1 is 1.18 bits per heavy atom. The molecule has 4 heterocycles. The first-order valence-corrected chi connectivity index (χ1v) is 9.14. The standard InChI is InChI=1S/C20H21N7O/c1-26-12-16(10-25-26)5-3-7-22-20(28)17-8-18-19(23-11-17)27(14-24-18)13-15-4-2-6-21-9-15/h2,4,6,8-12,14H,3,5,7,13H2,1H3,(H,22,28). The fraction of sp³-hybridized carbons (Fsp3) is 0.250. The summed E-state index contributed by atoms with van der Waals surface area (Å²) >= 11 is 0. The second kappa shape index (κ2) is 7.99. The van der Waals surface area contributed by atoms with Gasteiger partial charge in [0.1, 0.15) is 5.52 Å². The highest BCUT2D eigenvalue weighted by atomic mass is 16.1. The van der Waals surface area contributed by atoms with Crippen LogP contribution < -0.4 is 5.32 Å². The Labute approximate surface area is 162 Å². The number of hydrogen-bond donors (Lipinski definition) is 1. The van der Waals surface area contributed by atoms with E-state index >= 15 is 0 Å². The summed E-state index contributed by atoms with van der Waals surface area (Å²) < 4.78 is 3.73. The normalized spacial score (nSPS) is 11.0. The number of rotatable bonds is 7. The van der Waals surface area contributed by atoms with Gasteiger partial charge in [-0.25, -0.2) is 9.97 Å². The summed E-state index contributed by atoms with van der Waals surface area (Å²) in [5.41, 5.74) is 4.20. The number of nitrogens with zero attached hydrogens (tertiary/aromatic N) is 6. The van der Waals surface area contributed by atoms with Gasteiger partial charge in [0.2, 0.25) is 0 Å². The molecule has 0 aliphatic carbocycles. The molecular weight excluding hydrogens is 354 g/mol. The van der Waals surface area contributed by atoms with Crippen molar-refractivity contribution in [1.82, 2.24) is 34.6 Å². The topological polar surface area (TPSA) is 90.5 Å². The molecule has 0 radical (unpaired) electrons. The molecule has 4 aromatic rings. The molecule has 28 heavy (non-hydrogen) atoms. The highest BCUT2D eigenvalue weighted by Gasteiger charge is 2.11. The van der Waals surface area contributed by atoms with E-state index in [9.17, 15) is 4.79 Å². The fourth-order valence-electron chi connectivity index (χ4n) is 3.07. The van der Waals surface area contributed by atoms with Crippen molar-refractivity contribution < 1.29 is 4.79 Å². The number of amides is 1. The highest BCUT2D eigenvalue weighted by Crippen LogP contribution is 2.14. The minimum Gasteiger partial charge on any atom is -0.352 e. The number of aromatic nitrogens is 6. The van der Waals surface area contributed by atoms with Crippen molar-refractivity contribution in [2.45, 2.75) is 19.4 Å². The highest BCUT2D eigenvalue weighted by molar-refractivity contribution is 5.96. The van der Waals surface area contributed by atoms with Crippen molar-refractivity contribution in [3.05, 3.63) is 72.2 Å². The first kappa shape index (κ1) is 17.8. The van der Waals surface area contributed by atoms with Crippen LogP contribution in [-0.2, 0) is 20.0 Å². The lowest BCUT2D eigenvalue weighted by Gasteiger charge is -2.06. The smallest absolute Gasteiger partial charge is 0.252 e. The van der Waals surface area contributed by atoms with E-state index in [4.69, 9.17) is 0 Å². The van der Waals surface area contributed by atoms with E-state index in [1.807, 2.05) is 42.3 Å². The Kier molecular flexibility index (Phi) is 5.09. The molecule has 0 aromatic carbocycles. The van der Waals surface area contributed by atoms with Gasteiger partial charge in [-0.1, -0.05) is 6.07 Å². The Morgan fingerprint density at radius 2 is 2.11 bits per heavy atom. The zero-order valence-corrected chi connectivity index (χ0v) is 15.6. The van der Waals surface area contributed by atoms with E-state index in [1.54, 1.807) is 29.5 Å². The van der Waals surface area contributed by atoms with Crippen molar-refractivity contribution in [2.75, 3.05) is 6.54 Å².